The Morgan fingerprint density at radius 1 is 0.958 bits per heavy atom. The van der Waals surface area contributed by atoms with Crippen molar-refractivity contribution in [3.63, 3.8) is 0 Å². The van der Waals surface area contributed by atoms with E-state index in [0.717, 1.165) is 6.07 Å². The molecular weight excluding hydrogens is 354 g/mol. The van der Waals surface area contributed by atoms with E-state index in [1.165, 1.54) is 36.4 Å². The summed E-state index contributed by atoms with van der Waals surface area (Å²) >= 11 is 5.77. The lowest BCUT2D eigenvalue weighted by molar-refractivity contribution is -0.0507. The van der Waals surface area contributed by atoms with Crippen LogP contribution in [-0.4, -0.2) is 19.1 Å². The molecule has 0 aromatic heterocycles. The zero-order valence-electron chi connectivity index (χ0n) is 11.8. The Balaban J connectivity index is 2.17. The van der Waals surface area contributed by atoms with Crippen LogP contribution in [0.2, 0.25) is 5.02 Å². The number of carbonyl (C=O) groups is 1. The number of anilines is 1. The van der Waals surface area contributed by atoms with E-state index in [1.807, 2.05) is 0 Å². The second-order valence-electron chi connectivity index (χ2n) is 4.35. The molecule has 128 valence electrons. The fraction of sp³-hybridized carbons (Fsp3) is 0.133. The number of carbonyl (C=O) groups excluding carboxylic acids is 1. The van der Waals surface area contributed by atoms with Gasteiger partial charge in [-0.05, 0) is 30.3 Å². The van der Waals surface area contributed by atoms with Crippen molar-refractivity contribution >= 4 is 23.2 Å². The van der Waals surface area contributed by atoms with Crippen LogP contribution >= 0.6 is 11.6 Å². The zero-order valence-corrected chi connectivity index (χ0v) is 12.6. The standard InChI is InChI=1S/C15H10ClF4NO3/c16-10-7-8(5-6-12(10)24-15(19)20)21-13(22)9-3-1-2-4-11(9)23-14(17)18/h1-7,14-15H,(H,21,22). The van der Waals surface area contributed by atoms with Crippen molar-refractivity contribution in [2.75, 3.05) is 5.32 Å². The van der Waals surface area contributed by atoms with E-state index in [1.54, 1.807) is 0 Å². The zero-order chi connectivity index (χ0) is 17.7. The van der Waals surface area contributed by atoms with Crippen molar-refractivity contribution in [1.29, 1.82) is 0 Å². The molecule has 9 heteroatoms. The molecule has 2 aromatic carbocycles. The van der Waals surface area contributed by atoms with E-state index in [9.17, 15) is 22.4 Å². The highest BCUT2D eigenvalue weighted by Crippen LogP contribution is 2.29. The number of alkyl halides is 4. The van der Waals surface area contributed by atoms with Gasteiger partial charge in [0.25, 0.3) is 5.91 Å². The van der Waals surface area contributed by atoms with E-state index >= 15 is 0 Å². The molecule has 0 heterocycles. The minimum absolute atomic E-state index is 0.123. The molecule has 0 bridgehead atoms. The number of benzene rings is 2. The third-order valence-corrected chi connectivity index (χ3v) is 3.05. The smallest absolute Gasteiger partial charge is 0.387 e. The molecule has 2 rings (SSSR count). The fourth-order valence-electron chi connectivity index (χ4n) is 1.82. The molecule has 24 heavy (non-hydrogen) atoms. The second kappa shape index (κ2) is 7.87. The van der Waals surface area contributed by atoms with Crippen molar-refractivity contribution in [2.24, 2.45) is 0 Å². The molecule has 0 aliphatic heterocycles. The number of hydrogen-bond acceptors (Lipinski definition) is 3. The molecule has 0 atom stereocenters. The van der Waals surface area contributed by atoms with Gasteiger partial charge in [0.2, 0.25) is 0 Å². The molecule has 0 unspecified atom stereocenters. The summed E-state index contributed by atoms with van der Waals surface area (Å²) in [5, 5.41) is 2.25. The van der Waals surface area contributed by atoms with Crippen LogP contribution in [0.3, 0.4) is 0 Å². The summed E-state index contributed by atoms with van der Waals surface area (Å²) in [7, 11) is 0. The Bertz CT molecular complexity index is 728. The van der Waals surface area contributed by atoms with Crippen LogP contribution in [0.1, 0.15) is 10.4 Å². The summed E-state index contributed by atoms with van der Waals surface area (Å²) in [6, 6.07) is 9.02. The molecule has 0 saturated carbocycles. The maximum absolute atomic E-state index is 12.3. The first kappa shape index (κ1) is 17.9. The number of para-hydroxylation sites is 1. The van der Waals surface area contributed by atoms with Crippen molar-refractivity contribution < 1.29 is 31.8 Å². The Morgan fingerprint density at radius 2 is 1.58 bits per heavy atom. The molecule has 0 saturated heterocycles. The summed E-state index contributed by atoms with van der Waals surface area (Å²) in [5.41, 5.74) is 0.0419. The monoisotopic (exact) mass is 363 g/mol. The van der Waals surface area contributed by atoms with Gasteiger partial charge in [0.1, 0.15) is 11.5 Å². The molecule has 1 amide bonds. The first-order valence-corrected chi connectivity index (χ1v) is 6.84. The van der Waals surface area contributed by atoms with Crippen LogP contribution in [0.15, 0.2) is 42.5 Å². The van der Waals surface area contributed by atoms with Crippen LogP contribution in [0.5, 0.6) is 11.5 Å². The van der Waals surface area contributed by atoms with Gasteiger partial charge in [-0.15, -0.1) is 0 Å². The van der Waals surface area contributed by atoms with E-state index in [0.29, 0.717) is 0 Å². The summed E-state index contributed by atoms with van der Waals surface area (Å²) < 4.78 is 57.4. The van der Waals surface area contributed by atoms with Gasteiger partial charge in [-0.25, -0.2) is 0 Å². The Labute approximate surface area is 138 Å². The first-order chi connectivity index (χ1) is 11.4. The number of ether oxygens (including phenoxy) is 2. The lowest BCUT2D eigenvalue weighted by Crippen LogP contribution is -2.15. The highest BCUT2D eigenvalue weighted by atomic mass is 35.5. The SMILES string of the molecule is O=C(Nc1ccc(OC(F)F)c(Cl)c1)c1ccccc1OC(F)F. The van der Waals surface area contributed by atoms with Crippen LogP contribution in [0.4, 0.5) is 23.2 Å². The second-order valence-corrected chi connectivity index (χ2v) is 4.76. The molecule has 0 aliphatic carbocycles. The normalized spacial score (nSPS) is 10.8. The topological polar surface area (TPSA) is 47.6 Å². The molecule has 0 aliphatic rings. The largest absolute Gasteiger partial charge is 0.434 e. The predicted molar refractivity (Wildman–Crippen MR) is 79.1 cm³/mol. The van der Waals surface area contributed by atoms with Gasteiger partial charge in [-0.1, -0.05) is 23.7 Å². The third-order valence-electron chi connectivity index (χ3n) is 2.75. The molecule has 4 nitrogen and oxygen atoms in total. The number of nitrogens with one attached hydrogen (secondary N) is 1. The summed E-state index contributed by atoms with van der Waals surface area (Å²) in [4.78, 5) is 12.2. The fourth-order valence-corrected chi connectivity index (χ4v) is 2.05. The summed E-state index contributed by atoms with van der Waals surface area (Å²) in [6.07, 6.45) is 0. The van der Waals surface area contributed by atoms with Gasteiger partial charge in [0, 0.05) is 5.69 Å². The highest BCUT2D eigenvalue weighted by molar-refractivity contribution is 6.32. The Morgan fingerprint density at radius 3 is 2.21 bits per heavy atom. The molecule has 0 spiro atoms. The van der Waals surface area contributed by atoms with E-state index in [2.05, 4.69) is 14.8 Å². The minimum atomic E-state index is -3.08. The summed E-state index contributed by atoms with van der Waals surface area (Å²) in [6.45, 7) is -6.12. The van der Waals surface area contributed by atoms with Crippen LogP contribution in [0.25, 0.3) is 0 Å². The van der Waals surface area contributed by atoms with Gasteiger partial charge in [0.15, 0.2) is 0 Å². The maximum Gasteiger partial charge on any atom is 0.387 e. The van der Waals surface area contributed by atoms with E-state index < -0.39 is 19.1 Å². The van der Waals surface area contributed by atoms with Crippen molar-refractivity contribution in [3.8, 4) is 11.5 Å². The van der Waals surface area contributed by atoms with Gasteiger partial charge in [-0.3, -0.25) is 4.79 Å². The molecule has 2 aromatic rings. The lowest BCUT2D eigenvalue weighted by atomic mass is 10.2. The minimum Gasteiger partial charge on any atom is -0.434 e. The maximum atomic E-state index is 12.3. The average Bonchev–Trinajstić information content (AvgIpc) is 2.49. The molecular formula is C15H10ClF4NO3. The van der Waals surface area contributed by atoms with Crippen molar-refractivity contribution in [1.82, 2.24) is 0 Å². The van der Waals surface area contributed by atoms with Gasteiger partial charge < -0.3 is 14.8 Å². The highest BCUT2D eigenvalue weighted by Gasteiger charge is 2.16. The molecule has 0 fully saturated rings. The Kier molecular flexibility index (Phi) is 5.86. The first-order valence-electron chi connectivity index (χ1n) is 6.46. The summed E-state index contributed by atoms with van der Waals surface area (Å²) in [5.74, 6) is -1.29. The van der Waals surface area contributed by atoms with Crippen LogP contribution < -0.4 is 14.8 Å². The molecule has 0 radical (unpaired) electrons. The number of amides is 1. The lowest BCUT2D eigenvalue weighted by Gasteiger charge is -2.12. The van der Waals surface area contributed by atoms with Crippen molar-refractivity contribution in [3.05, 3.63) is 53.1 Å². The van der Waals surface area contributed by atoms with Crippen molar-refractivity contribution in [2.45, 2.75) is 13.2 Å². The van der Waals surface area contributed by atoms with E-state index in [-0.39, 0.29) is 27.8 Å². The quantitative estimate of drug-likeness (QED) is 0.750. The van der Waals surface area contributed by atoms with Gasteiger partial charge >= 0.3 is 13.2 Å². The number of hydrogen-bond donors (Lipinski definition) is 1. The number of halogens is 5. The van der Waals surface area contributed by atoms with E-state index in [4.69, 9.17) is 11.6 Å². The van der Waals surface area contributed by atoms with Crippen LogP contribution in [0, 0.1) is 0 Å². The average molecular weight is 364 g/mol. The predicted octanol–water partition coefficient (Wildman–Crippen LogP) is 4.80. The molecule has 1 N–H and O–H groups in total. The van der Waals surface area contributed by atoms with Gasteiger partial charge in [0.05, 0.1) is 10.6 Å². The van der Waals surface area contributed by atoms with Crippen LogP contribution in [-0.2, 0) is 0 Å². The third kappa shape index (κ3) is 4.76. The number of rotatable bonds is 6. The van der Waals surface area contributed by atoms with Gasteiger partial charge in [-0.2, -0.15) is 17.6 Å². The Hall–Kier alpha value is -2.48.